The topological polar surface area (TPSA) is 55.8 Å². The second-order valence-electron chi connectivity index (χ2n) is 6.43. The van der Waals surface area contributed by atoms with Gasteiger partial charge in [0.25, 0.3) is 0 Å². The number of fused-ring (bicyclic) bond motifs is 1. The summed E-state index contributed by atoms with van der Waals surface area (Å²) in [6, 6.07) is 12.1. The second kappa shape index (κ2) is 6.02. The van der Waals surface area contributed by atoms with Crippen molar-refractivity contribution in [3.05, 3.63) is 42.0 Å². The van der Waals surface area contributed by atoms with Crippen LogP contribution < -0.4 is 4.74 Å². The predicted octanol–water partition coefficient (Wildman–Crippen LogP) is 2.71. The number of hydrogen-bond donors (Lipinski definition) is 0. The Morgan fingerprint density at radius 2 is 1.88 bits per heavy atom. The summed E-state index contributed by atoms with van der Waals surface area (Å²) in [5, 5.41) is 2.02. The number of benzene rings is 2. The third kappa shape index (κ3) is 2.90. The van der Waals surface area contributed by atoms with Gasteiger partial charge in [-0.05, 0) is 47.4 Å². The van der Waals surface area contributed by atoms with Crippen LogP contribution in [0.1, 0.15) is 24.5 Å². The molecule has 1 saturated heterocycles. The summed E-state index contributed by atoms with van der Waals surface area (Å²) >= 11 is 0. The maximum absolute atomic E-state index is 12.5. The first-order chi connectivity index (χ1) is 11.6. The summed E-state index contributed by atoms with van der Waals surface area (Å²) in [6.07, 6.45) is 1.38. The van der Waals surface area contributed by atoms with E-state index in [-0.39, 0.29) is 11.4 Å². The van der Waals surface area contributed by atoms with Gasteiger partial charge in [-0.1, -0.05) is 18.2 Å². The van der Waals surface area contributed by atoms with Gasteiger partial charge in [-0.3, -0.25) is 0 Å². The lowest BCUT2D eigenvalue weighted by Crippen LogP contribution is -2.43. The van der Waals surface area contributed by atoms with E-state index in [0.717, 1.165) is 34.9 Å². The monoisotopic (exact) mass is 347 g/mol. The Hall–Kier alpha value is -1.63. The average molecular weight is 347 g/mol. The maximum Gasteiger partial charge on any atom is 0.217 e. The van der Waals surface area contributed by atoms with E-state index in [1.54, 1.807) is 11.4 Å². The summed E-state index contributed by atoms with van der Waals surface area (Å²) < 4.78 is 37.6. The number of methoxy groups -OCH3 is 1. The van der Waals surface area contributed by atoms with Gasteiger partial charge < -0.3 is 9.47 Å². The van der Waals surface area contributed by atoms with Crippen LogP contribution >= 0.6 is 0 Å². The molecule has 1 aliphatic heterocycles. The summed E-state index contributed by atoms with van der Waals surface area (Å²) in [7, 11) is -1.49. The van der Waals surface area contributed by atoms with E-state index in [0.29, 0.717) is 19.7 Å². The standard InChI is InChI=1S/C18H21NO4S/c1-22-16-5-4-13-10-15(3-2-14(13)11-16)18-12-19(8-9-23-18)24(20,21)17-6-7-17/h2-5,10-11,17-18H,6-9,12H2,1H3/t18-/m0/s1. The van der Waals surface area contributed by atoms with Gasteiger partial charge in [-0.2, -0.15) is 4.31 Å². The van der Waals surface area contributed by atoms with Gasteiger partial charge in [0.2, 0.25) is 10.0 Å². The molecule has 0 amide bonds. The highest BCUT2D eigenvalue weighted by Crippen LogP contribution is 2.34. The number of nitrogens with zero attached hydrogens (tertiary/aromatic N) is 1. The van der Waals surface area contributed by atoms with Crippen molar-refractivity contribution in [3.8, 4) is 5.75 Å². The fourth-order valence-corrected chi connectivity index (χ4v) is 5.03. The zero-order valence-electron chi connectivity index (χ0n) is 13.6. The molecule has 0 unspecified atom stereocenters. The Morgan fingerprint density at radius 3 is 2.62 bits per heavy atom. The first-order valence-electron chi connectivity index (χ1n) is 8.26. The summed E-state index contributed by atoms with van der Waals surface area (Å²) in [5.74, 6) is 0.825. The van der Waals surface area contributed by atoms with Crippen LogP contribution in [0.3, 0.4) is 0 Å². The van der Waals surface area contributed by atoms with Crippen molar-refractivity contribution >= 4 is 20.8 Å². The highest BCUT2D eigenvalue weighted by molar-refractivity contribution is 7.90. The quantitative estimate of drug-likeness (QED) is 0.853. The van der Waals surface area contributed by atoms with Gasteiger partial charge in [0.15, 0.2) is 0 Å². The Bertz CT molecular complexity index is 860. The smallest absolute Gasteiger partial charge is 0.217 e. The lowest BCUT2D eigenvalue weighted by Gasteiger charge is -2.32. The van der Waals surface area contributed by atoms with Crippen molar-refractivity contribution in [1.29, 1.82) is 0 Å². The van der Waals surface area contributed by atoms with E-state index in [9.17, 15) is 8.42 Å². The van der Waals surface area contributed by atoms with Crippen molar-refractivity contribution in [2.45, 2.75) is 24.2 Å². The molecular formula is C18H21NO4S. The third-order valence-electron chi connectivity index (χ3n) is 4.78. The SMILES string of the molecule is COc1ccc2cc([C@@H]3CN(S(=O)(=O)C4CC4)CCO3)ccc2c1. The van der Waals surface area contributed by atoms with Gasteiger partial charge in [0.05, 0.1) is 25.1 Å². The van der Waals surface area contributed by atoms with Crippen LogP contribution in [0.25, 0.3) is 10.8 Å². The molecule has 0 spiro atoms. The largest absolute Gasteiger partial charge is 0.497 e. The minimum Gasteiger partial charge on any atom is -0.497 e. The average Bonchev–Trinajstić information content (AvgIpc) is 3.46. The Balaban J connectivity index is 1.59. The molecule has 128 valence electrons. The first kappa shape index (κ1) is 15.9. The molecule has 1 aliphatic carbocycles. The van der Waals surface area contributed by atoms with Crippen LogP contribution in [0, 0.1) is 0 Å². The predicted molar refractivity (Wildman–Crippen MR) is 92.7 cm³/mol. The van der Waals surface area contributed by atoms with E-state index in [4.69, 9.17) is 9.47 Å². The molecule has 1 atom stereocenters. The molecule has 2 aromatic rings. The molecule has 2 aliphatic rings. The third-order valence-corrected chi connectivity index (χ3v) is 7.14. The molecule has 1 saturated carbocycles. The van der Waals surface area contributed by atoms with Crippen molar-refractivity contribution < 1.29 is 17.9 Å². The van der Waals surface area contributed by atoms with Crippen LogP contribution in [0.2, 0.25) is 0 Å². The van der Waals surface area contributed by atoms with Gasteiger partial charge in [0.1, 0.15) is 5.75 Å². The molecule has 0 aromatic heterocycles. The molecule has 24 heavy (non-hydrogen) atoms. The van der Waals surface area contributed by atoms with Crippen molar-refractivity contribution in [2.24, 2.45) is 0 Å². The summed E-state index contributed by atoms with van der Waals surface area (Å²) in [4.78, 5) is 0. The van der Waals surface area contributed by atoms with Crippen LogP contribution in [-0.4, -0.2) is 44.8 Å². The van der Waals surface area contributed by atoms with Crippen molar-refractivity contribution in [3.63, 3.8) is 0 Å². The normalized spacial score (nSPS) is 22.6. The van der Waals surface area contributed by atoms with Gasteiger partial charge in [-0.15, -0.1) is 0 Å². The Kier molecular flexibility index (Phi) is 3.98. The van der Waals surface area contributed by atoms with Gasteiger partial charge in [-0.25, -0.2) is 8.42 Å². The van der Waals surface area contributed by atoms with E-state index in [1.807, 2.05) is 30.3 Å². The Morgan fingerprint density at radius 1 is 1.12 bits per heavy atom. The molecule has 6 heteroatoms. The molecule has 5 nitrogen and oxygen atoms in total. The molecule has 2 aromatic carbocycles. The molecule has 0 radical (unpaired) electrons. The molecule has 0 bridgehead atoms. The van der Waals surface area contributed by atoms with Gasteiger partial charge in [0, 0.05) is 13.1 Å². The minimum absolute atomic E-state index is 0.166. The fraction of sp³-hybridized carbons (Fsp3) is 0.444. The number of morpholine rings is 1. The van der Waals surface area contributed by atoms with Crippen LogP contribution in [0.5, 0.6) is 5.75 Å². The minimum atomic E-state index is -3.14. The highest BCUT2D eigenvalue weighted by atomic mass is 32.2. The van der Waals surface area contributed by atoms with Crippen molar-refractivity contribution in [1.82, 2.24) is 4.31 Å². The van der Waals surface area contributed by atoms with E-state index < -0.39 is 10.0 Å². The molecule has 1 heterocycles. The van der Waals surface area contributed by atoms with Crippen LogP contribution in [0.4, 0.5) is 0 Å². The number of rotatable bonds is 4. The zero-order chi connectivity index (χ0) is 16.7. The molecule has 0 N–H and O–H groups in total. The zero-order valence-corrected chi connectivity index (χ0v) is 14.5. The number of sulfonamides is 1. The molecule has 2 fully saturated rings. The summed E-state index contributed by atoms with van der Waals surface area (Å²) in [5.41, 5.74) is 1.02. The Labute approximate surface area is 142 Å². The highest BCUT2D eigenvalue weighted by Gasteiger charge is 2.42. The summed E-state index contributed by atoms with van der Waals surface area (Å²) in [6.45, 7) is 1.30. The first-order valence-corrected chi connectivity index (χ1v) is 9.76. The van der Waals surface area contributed by atoms with Crippen molar-refractivity contribution in [2.75, 3.05) is 26.8 Å². The van der Waals surface area contributed by atoms with E-state index in [2.05, 4.69) is 6.07 Å². The number of ether oxygens (including phenoxy) is 2. The van der Waals surface area contributed by atoms with E-state index in [1.165, 1.54) is 0 Å². The van der Waals surface area contributed by atoms with Crippen LogP contribution in [0.15, 0.2) is 36.4 Å². The maximum atomic E-state index is 12.5. The lowest BCUT2D eigenvalue weighted by molar-refractivity contribution is -0.00253. The fourth-order valence-electron chi connectivity index (χ4n) is 3.20. The molecule has 4 rings (SSSR count). The van der Waals surface area contributed by atoms with E-state index >= 15 is 0 Å². The second-order valence-corrected chi connectivity index (χ2v) is 8.65. The molecular weight excluding hydrogens is 326 g/mol. The number of hydrogen-bond acceptors (Lipinski definition) is 4. The van der Waals surface area contributed by atoms with Crippen LogP contribution in [-0.2, 0) is 14.8 Å². The van der Waals surface area contributed by atoms with Gasteiger partial charge >= 0.3 is 0 Å². The lowest BCUT2D eigenvalue weighted by atomic mass is 10.0.